The van der Waals surface area contributed by atoms with Crippen LogP contribution < -0.4 is 0 Å². The van der Waals surface area contributed by atoms with Crippen molar-refractivity contribution in [2.45, 2.75) is 0 Å². The third-order valence-corrected chi connectivity index (χ3v) is 2.44. The van der Waals surface area contributed by atoms with Gasteiger partial charge >= 0.3 is 11.4 Å². The summed E-state index contributed by atoms with van der Waals surface area (Å²) < 4.78 is 0. The van der Waals surface area contributed by atoms with Crippen LogP contribution in [0.15, 0.2) is 24.5 Å². The standard InChI is InChI=1S/C9H5N5O6/c15-12(16)6-4-8(14(19)20)7(13(17)18)3-5(6)9-10-1-2-11-9/h1-4H,(H,10,11). The van der Waals surface area contributed by atoms with Crippen LogP contribution in [0.2, 0.25) is 0 Å². The fourth-order valence-corrected chi connectivity index (χ4v) is 1.61. The molecule has 0 radical (unpaired) electrons. The van der Waals surface area contributed by atoms with Gasteiger partial charge in [0.2, 0.25) is 0 Å². The maximum absolute atomic E-state index is 10.9. The Hall–Kier alpha value is -3.37. The third-order valence-electron chi connectivity index (χ3n) is 2.44. The molecule has 2 aromatic rings. The molecule has 0 spiro atoms. The molecule has 0 aliphatic carbocycles. The van der Waals surface area contributed by atoms with Gasteiger partial charge in [-0.05, 0) is 0 Å². The van der Waals surface area contributed by atoms with E-state index in [1.54, 1.807) is 0 Å². The number of benzene rings is 1. The Bertz CT molecular complexity index is 710. The first-order valence-corrected chi connectivity index (χ1v) is 5.02. The first-order valence-electron chi connectivity index (χ1n) is 5.02. The van der Waals surface area contributed by atoms with E-state index in [-0.39, 0.29) is 11.4 Å². The van der Waals surface area contributed by atoms with Gasteiger partial charge in [0.05, 0.1) is 14.8 Å². The van der Waals surface area contributed by atoms with E-state index < -0.39 is 31.8 Å². The van der Waals surface area contributed by atoms with E-state index in [0.29, 0.717) is 6.07 Å². The average molecular weight is 279 g/mol. The van der Waals surface area contributed by atoms with Crippen molar-refractivity contribution in [1.82, 2.24) is 9.97 Å². The monoisotopic (exact) mass is 279 g/mol. The minimum atomic E-state index is -1.04. The lowest BCUT2D eigenvalue weighted by Crippen LogP contribution is -2.01. The van der Waals surface area contributed by atoms with Crippen LogP contribution in [0.3, 0.4) is 0 Å². The second kappa shape index (κ2) is 4.72. The number of aromatic amines is 1. The highest BCUT2D eigenvalue weighted by Gasteiger charge is 2.32. The van der Waals surface area contributed by atoms with E-state index in [0.717, 1.165) is 6.07 Å². The minimum Gasteiger partial charge on any atom is -0.344 e. The second-order valence-corrected chi connectivity index (χ2v) is 3.57. The summed E-state index contributed by atoms with van der Waals surface area (Å²) in [5.41, 5.74) is -2.63. The van der Waals surface area contributed by atoms with E-state index in [2.05, 4.69) is 9.97 Å². The van der Waals surface area contributed by atoms with Gasteiger partial charge in [0, 0.05) is 18.5 Å². The second-order valence-electron chi connectivity index (χ2n) is 3.57. The van der Waals surface area contributed by atoms with Crippen molar-refractivity contribution in [3.63, 3.8) is 0 Å². The Labute approximate surface area is 109 Å². The van der Waals surface area contributed by atoms with Gasteiger partial charge in [-0.25, -0.2) is 4.98 Å². The molecule has 0 amide bonds. The zero-order valence-corrected chi connectivity index (χ0v) is 9.55. The number of hydrogen-bond donors (Lipinski definition) is 1. The smallest absolute Gasteiger partial charge is 0.344 e. The van der Waals surface area contributed by atoms with Crippen LogP contribution in [0.4, 0.5) is 17.1 Å². The Morgan fingerprint density at radius 3 is 1.90 bits per heavy atom. The molecular formula is C9H5N5O6. The Balaban J connectivity index is 2.80. The van der Waals surface area contributed by atoms with E-state index in [4.69, 9.17) is 0 Å². The summed E-state index contributed by atoms with van der Waals surface area (Å²) in [5.74, 6) is 0.00898. The molecule has 20 heavy (non-hydrogen) atoms. The predicted octanol–water partition coefficient (Wildman–Crippen LogP) is 1.80. The zero-order valence-electron chi connectivity index (χ0n) is 9.55. The predicted molar refractivity (Wildman–Crippen MR) is 64.0 cm³/mol. The molecule has 102 valence electrons. The summed E-state index contributed by atoms with van der Waals surface area (Å²) in [5, 5.41) is 32.5. The van der Waals surface area contributed by atoms with Crippen molar-refractivity contribution in [1.29, 1.82) is 0 Å². The molecule has 0 fully saturated rings. The van der Waals surface area contributed by atoms with E-state index in [1.165, 1.54) is 12.4 Å². The van der Waals surface area contributed by atoms with Gasteiger partial charge in [-0.1, -0.05) is 0 Å². The number of aromatic nitrogens is 2. The quantitative estimate of drug-likeness (QED) is 0.659. The van der Waals surface area contributed by atoms with Gasteiger partial charge in [-0.15, -0.1) is 0 Å². The Morgan fingerprint density at radius 2 is 1.45 bits per heavy atom. The molecule has 11 nitrogen and oxygen atoms in total. The first kappa shape index (κ1) is 13.1. The molecule has 11 heteroatoms. The maximum Gasteiger partial charge on any atom is 0.352 e. The molecule has 0 atom stereocenters. The molecule has 0 aliphatic heterocycles. The van der Waals surface area contributed by atoms with Gasteiger partial charge in [0.1, 0.15) is 17.5 Å². The Kier molecular flexibility index (Phi) is 3.08. The normalized spacial score (nSPS) is 10.2. The SMILES string of the molecule is O=[N+]([O-])c1cc([N+](=O)[O-])c([N+](=O)[O-])cc1-c1ncc[nH]1. The highest BCUT2D eigenvalue weighted by Crippen LogP contribution is 2.38. The van der Waals surface area contributed by atoms with Gasteiger partial charge in [-0.3, -0.25) is 30.3 Å². The van der Waals surface area contributed by atoms with Crippen molar-refractivity contribution >= 4 is 17.1 Å². The molecule has 0 aliphatic rings. The topological polar surface area (TPSA) is 158 Å². The van der Waals surface area contributed by atoms with E-state index in [9.17, 15) is 30.3 Å². The fourth-order valence-electron chi connectivity index (χ4n) is 1.61. The number of hydrogen-bond acceptors (Lipinski definition) is 7. The number of H-pyrrole nitrogens is 1. The highest BCUT2D eigenvalue weighted by molar-refractivity contribution is 5.76. The van der Waals surface area contributed by atoms with E-state index >= 15 is 0 Å². The van der Waals surface area contributed by atoms with Crippen molar-refractivity contribution in [3.05, 3.63) is 54.9 Å². The van der Waals surface area contributed by atoms with E-state index in [1.807, 2.05) is 0 Å². The molecule has 1 heterocycles. The molecule has 1 N–H and O–H groups in total. The van der Waals surface area contributed by atoms with Gasteiger partial charge < -0.3 is 4.98 Å². The van der Waals surface area contributed by atoms with Crippen molar-refractivity contribution in [3.8, 4) is 11.4 Å². The van der Waals surface area contributed by atoms with Crippen LogP contribution in [0.1, 0.15) is 0 Å². The van der Waals surface area contributed by atoms with Gasteiger partial charge in [0.15, 0.2) is 0 Å². The summed E-state index contributed by atoms with van der Waals surface area (Å²) in [6.07, 6.45) is 2.67. The number of nitro groups is 3. The van der Waals surface area contributed by atoms with Crippen LogP contribution in [-0.2, 0) is 0 Å². The minimum absolute atomic E-state index is 0.00898. The summed E-state index contributed by atoms with van der Waals surface area (Å²) in [6, 6.07) is 1.31. The van der Waals surface area contributed by atoms with Gasteiger partial charge in [0.25, 0.3) is 5.69 Å². The molecule has 0 saturated carbocycles. The fraction of sp³-hybridized carbons (Fsp3) is 0. The largest absolute Gasteiger partial charge is 0.352 e. The average Bonchev–Trinajstić information content (AvgIpc) is 2.90. The molecule has 0 saturated heterocycles. The van der Waals surface area contributed by atoms with Crippen molar-refractivity contribution in [2.75, 3.05) is 0 Å². The molecule has 1 aromatic heterocycles. The number of rotatable bonds is 4. The molecular weight excluding hydrogens is 274 g/mol. The number of nitrogens with one attached hydrogen (secondary N) is 1. The summed E-state index contributed by atoms with van der Waals surface area (Å²) in [6.45, 7) is 0. The number of nitro benzene ring substituents is 3. The lowest BCUT2D eigenvalue weighted by atomic mass is 10.1. The zero-order chi connectivity index (χ0) is 14.9. The molecule has 0 unspecified atom stereocenters. The van der Waals surface area contributed by atoms with Crippen LogP contribution in [0.25, 0.3) is 11.4 Å². The molecule has 2 rings (SSSR count). The summed E-state index contributed by atoms with van der Waals surface area (Å²) in [7, 11) is 0. The molecule has 0 bridgehead atoms. The summed E-state index contributed by atoms with van der Waals surface area (Å²) >= 11 is 0. The Morgan fingerprint density at radius 1 is 0.900 bits per heavy atom. The van der Waals surface area contributed by atoms with Crippen LogP contribution in [0.5, 0.6) is 0 Å². The third kappa shape index (κ3) is 2.14. The van der Waals surface area contributed by atoms with Crippen LogP contribution >= 0.6 is 0 Å². The first-order chi connectivity index (χ1) is 9.41. The molecule has 1 aromatic carbocycles. The van der Waals surface area contributed by atoms with Gasteiger partial charge in [-0.2, -0.15) is 0 Å². The number of nitrogens with zero attached hydrogens (tertiary/aromatic N) is 4. The summed E-state index contributed by atoms with van der Waals surface area (Å²) in [4.78, 5) is 35.9. The highest BCUT2D eigenvalue weighted by atomic mass is 16.6. The lowest BCUT2D eigenvalue weighted by Gasteiger charge is -2.01. The maximum atomic E-state index is 10.9. The van der Waals surface area contributed by atoms with Crippen molar-refractivity contribution in [2.24, 2.45) is 0 Å². The van der Waals surface area contributed by atoms with Crippen molar-refractivity contribution < 1.29 is 14.8 Å². The number of imidazole rings is 1. The van der Waals surface area contributed by atoms with Crippen LogP contribution in [-0.4, -0.2) is 24.7 Å². The lowest BCUT2D eigenvalue weighted by molar-refractivity contribution is -0.424. The van der Waals surface area contributed by atoms with Crippen LogP contribution in [0, 0.1) is 30.3 Å².